The van der Waals surface area contributed by atoms with E-state index in [2.05, 4.69) is 25.6 Å². The summed E-state index contributed by atoms with van der Waals surface area (Å²) in [6.07, 6.45) is 5.10. The normalized spacial score (nSPS) is 17.1. The van der Waals surface area contributed by atoms with E-state index >= 15 is 0 Å². The summed E-state index contributed by atoms with van der Waals surface area (Å²) in [6, 6.07) is 2.99. The third-order valence-corrected chi connectivity index (χ3v) is 7.15. The maximum atomic E-state index is 13.5. The molecule has 3 aromatic rings. The van der Waals surface area contributed by atoms with Crippen LogP contribution in [0.2, 0.25) is 0 Å². The van der Waals surface area contributed by atoms with Gasteiger partial charge in [-0.2, -0.15) is 0 Å². The molecule has 1 aromatic carbocycles. The Balaban J connectivity index is 1.53. The number of amides is 3. The molecule has 0 aliphatic carbocycles. The number of para-hydroxylation sites is 1. The van der Waals surface area contributed by atoms with Crippen molar-refractivity contribution in [1.29, 1.82) is 0 Å². The highest BCUT2D eigenvalue weighted by Gasteiger charge is 2.38. The molecule has 0 radical (unpaired) electrons. The summed E-state index contributed by atoms with van der Waals surface area (Å²) in [6.45, 7) is 0.266. The Morgan fingerprint density at radius 1 is 1.07 bits per heavy atom. The number of nitrogens with one attached hydrogen (secondary N) is 4. The van der Waals surface area contributed by atoms with Crippen molar-refractivity contribution in [3.63, 3.8) is 0 Å². The first kappa shape index (κ1) is 29.3. The van der Waals surface area contributed by atoms with Crippen LogP contribution in [-0.4, -0.2) is 90.4 Å². The Hall–Kier alpha value is -4.72. The number of benzene rings is 1. The third-order valence-electron chi connectivity index (χ3n) is 7.15. The van der Waals surface area contributed by atoms with Gasteiger partial charge in [-0.1, -0.05) is 18.2 Å². The largest absolute Gasteiger partial charge is 0.481 e. The van der Waals surface area contributed by atoms with Crippen molar-refractivity contribution >= 4 is 40.6 Å². The molecule has 4 rings (SSSR count). The van der Waals surface area contributed by atoms with E-state index in [1.807, 2.05) is 24.3 Å². The lowest BCUT2D eigenvalue weighted by Crippen LogP contribution is -2.57. The maximum absolute atomic E-state index is 13.5. The van der Waals surface area contributed by atoms with E-state index in [1.165, 1.54) is 17.4 Å². The van der Waals surface area contributed by atoms with Crippen molar-refractivity contribution in [2.45, 2.75) is 62.7 Å². The number of carboxylic acids is 2. The molecule has 8 N–H and O–H groups in total. The first-order valence-corrected chi connectivity index (χ1v) is 13.3. The summed E-state index contributed by atoms with van der Waals surface area (Å²) in [7, 11) is 0. The number of imidazole rings is 1. The smallest absolute Gasteiger partial charge is 0.326 e. The van der Waals surface area contributed by atoms with E-state index in [0.29, 0.717) is 18.5 Å². The monoisotopic (exact) mass is 567 g/mol. The Bertz CT molecular complexity index is 1400. The average molecular weight is 568 g/mol. The molecule has 14 nitrogen and oxygen atoms in total. The van der Waals surface area contributed by atoms with E-state index in [9.17, 15) is 29.1 Å². The number of rotatable bonds is 13. The summed E-state index contributed by atoms with van der Waals surface area (Å²) in [5.41, 5.74) is 8.00. The summed E-state index contributed by atoms with van der Waals surface area (Å²) < 4.78 is 0. The van der Waals surface area contributed by atoms with Crippen molar-refractivity contribution in [2.24, 2.45) is 5.73 Å². The maximum Gasteiger partial charge on any atom is 0.326 e. The number of hydrogen-bond acceptors (Lipinski definition) is 7. The molecule has 0 saturated carbocycles. The van der Waals surface area contributed by atoms with Gasteiger partial charge in [0.15, 0.2) is 0 Å². The summed E-state index contributed by atoms with van der Waals surface area (Å²) in [5, 5.41) is 24.8. The lowest BCUT2D eigenvalue weighted by molar-refractivity contribution is -0.143. The van der Waals surface area contributed by atoms with Crippen LogP contribution in [0.1, 0.15) is 36.9 Å². The predicted octanol–water partition coefficient (Wildman–Crippen LogP) is -0.0865. The van der Waals surface area contributed by atoms with Crippen molar-refractivity contribution in [2.75, 3.05) is 6.54 Å². The van der Waals surface area contributed by atoms with Crippen molar-refractivity contribution < 1.29 is 34.2 Å². The zero-order valence-electron chi connectivity index (χ0n) is 22.2. The molecule has 1 aliphatic rings. The Morgan fingerprint density at radius 2 is 1.85 bits per heavy atom. The van der Waals surface area contributed by atoms with E-state index < -0.39 is 53.8 Å². The minimum atomic E-state index is -1.29. The Kier molecular flexibility index (Phi) is 9.34. The minimum Gasteiger partial charge on any atom is -0.481 e. The van der Waals surface area contributed by atoms with Gasteiger partial charge in [-0.3, -0.25) is 19.2 Å². The molecule has 41 heavy (non-hydrogen) atoms. The average Bonchev–Trinajstić information content (AvgIpc) is 3.72. The number of aromatic nitrogens is 3. The van der Waals surface area contributed by atoms with Gasteiger partial charge in [0.25, 0.3) is 0 Å². The number of fused-ring (bicyclic) bond motifs is 1. The first-order chi connectivity index (χ1) is 19.6. The van der Waals surface area contributed by atoms with E-state index in [0.717, 1.165) is 16.5 Å². The summed E-state index contributed by atoms with van der Waals surface area (Å²) >= 11 is 0. The predicted molar refractivity (Wildman–Crippen MR) is 145 cm³/mol. The van der Waals surface area contributed by atoms with E-state index in [1.54, 1.807) is 6.20 Å². The zero-order valence-corrected chi connectivity index (χ0v) is 22.2. The van der Waals surface area contributed by atoms with Gasteiger partial charge in [0, 0.05) is 54.8 Å². The van der Waals surface area contributed by atoms with Crippen LogP contribution in [0.5, 0.6) is 0 Å². The van der Waals surface area contributed by atoms with Crippen LogP contribution in [0.4, 0.5) is 0 Å². The van der Waals surface area contributed by atoms with Crippen LogP contribution >= 0.6 is 0 Å². The second-order valence-electron chi connectivity index (χ2n) is 10.0. The number of aliphatic carboxylic acids is 2. The first-order valence-electron chi connectivity index (χ1n) is 13.3. The molecule has 2 aromatic heterocycles. The fourth-order valence-corrected chi connectivity index (χ4v) is 5.00. The van der Waals surface area contributed by atoms with Crippen LogP contribution in [0, 0.1) is 0 Å². The van der Waals surface area contributed by atoms with Crippen LogP contribution in [0.3, 0.4) is 0 Å². The molecule has 0 bridgehead atoms. The fraction of sp³-hybridized carbons (Fsp3) is 0.407. The van der Waals surface area contributed by atoms with Gasteiger partial charge < -0.3 is 41.4 Å². The number of H-pyrrole nitrogens is 2. The molecule has 4 unspecified atom stereocenters. The summed E-state index contributed by atoms with van der Waals surface area (Å²) in [5.74, 6) is -4.16. The zero-order chi connectivity index (χ0) is 29.5. The third kappa shape index (κ3) is 7.28. The van der Waals surface area contributed by atoms with E-state index in [-0.39, 0.29) is 32.2 Å². The molecule has 1 aliphatic heterocycles. The highest BCUT2D eigenvalue weighted by atomic mass is 16.4. The SMILES string of the molecule is NC(CCC(=O)O)C(=O)N1CCCC1C(=O)NC(Cc1c[nH]c2ccccc12)C(=O)NC(Cc1cnc[nH]1)C(=O)O. The molecule has 1 fully saturated rings. The van der Waals surface area contributed by atoms with Gasteiger partial charge in [-0.25, -0.2) is 9.78 Å². The number of carbonyl (C=O) groups excluding carboxylic acids is 3. The topological polar surface area (TPSA) is 224 Å². The molecule has 3 heterocycles. The van der Waals surface area contributed by atoms with Crippen molar-refractivity contribution in [3.8, 4) is 0 Å². The second-order valence-corrected chi connectivity index (χ2v) is 10.0. The van der Waals surface area contributed by atoms with Gasteiger partial charge in [0.1, 0.15) is 18.1 Å². The number of likely N-dealkylation sites (tertiary alicyclic amines) is 1. The Morgan fingerprint density at radius 3 is 2.56 bits per heavy atom. The lowest BCUT2D eigenvalue weighted by Gasteiger charge is -2.28. The number of nitrogens with zero attached hydrogens (tertiary/aromatic N) is 2. The van der Waals surface area contributed by atoms with Crippen molar-refractivity contribution in [1.82, 2.24) is 30.5 Å². The number of aromatic amines is 2. The van der Waals surface area contributed by atoms with Crippen LogP contribution in [0.25, 0.3) is 10.9 Å². The number of nitrogens with two attached hydrogens (primary N) is 1. The highest BCUT2D eigenvalue weighted by Crippen LogP contribution is 2.22. The molecule has 3 amide bonds. The summed E-state index contributed by atoms with van der Waals surface area (Å²) in [4.78, 5) is 73.9. The minimum absolute atomic E-state index is 0.0477. The van der Waals surface area contributed by atoms with Gasteiger partial charge in [0.05, 0.1) is 12.4 Å². The van der Waals surface area contributed by atoms with Crippen molar-refractivity contribution in [3.05, 3.63) is 54.2 Å². The molecule has 4 atom stereocenters. The molecule has 14 heteroatoms. The standard InChI is InChI=1S/C27H33N7O7/c28-18(7-8-23(35)36)26(39)34-9-3-6-22(34)25(38)32-20(10-15-12-30-19-5-2-1-4-17(15)19)24(37)33-21(27(40)41)11-16-13-29-14-31-16/h1-2,4-5,12-14,18,20-22,30H,3,6-11,28H2,(H,29,31)(H,32,38)(H,33,37)(H,35,36)(H,40,41). The fourth-order valence-electron chi connectivity index (χ4n) is 5.00. The second kappa shape index (κ2) is 13.1. The molecule has 0 spiro atoms. The lowest BCUT2D eigenvalue weighted by atomic mass is 10.0. The molecule has 218 valence electrons. The quantitative estimate of drug-likeness (QED) is 0.146. The number of hydrogen-bond donors (Lipinski definition) is 7. The van der Waals surface area contributed by atoms with Gasteiger partial charge in [-0.05, 0) is 30.9 Å². The van der Waals surface area contributed by atoms with E-state index in [4.69, 9.17) is 10.8 Å². The van der Waals surface area contributed by atoms with Crippen LogP contribution in [0.15, 0.2) is 43.0 Å². The van der Waals surface area contributed by atoms with Gasteiger partial charge in [-0.15, -0.1) is 0 Å². The highest BCUT2D eigenvalue weighted by molar-refractivity contribution is 5.95. The molecule has 1 saturated heterocycles. The number of carbonyl (C=O) groups is 5. The van der Waals surface area contributed by atoms with Crippen LogP contribution in [-0.2, 0) is 36.8 Å². The van der Waals surface area contributed by atoms with Crippen LogP contribution < -0.4 is 16.4 Å². The van der Waals surface area contributed by atoms with Gasteiger partial charge in [0.2, 0.25) is 17.7 Å². The molecular formula is C27H33N7O7. The number of carboxylic acid groups (broad SMARTS) is 2. The molecular weight excluding hydrogens is 534 g/mol. The Labute approximate surface area is 234 Å². The van der Waals surface area contributed by atoms with Gasteiger partial charge >= 0.3 is 11.9 Å².